The first kappa shape index (κ1) is 16.2. The second-order valence-electron chi connectivity index (χ2n) is 5.51. The fraction of sp³-hybridized carbons (Fsp3) is 0.353. The van der Waals surface area contributed by atoms with Gasteiger partial charge in [0.2, 0.25) is 5.91 Å². The van der Waals surface area contributed by atoms with Crippen LogP contribution in [0.4, 0.5) is 4.39 Å². The first-order valence-corrected chi connectivity index (χ1v) is 7.35. The number of nitrogens with zero attached hydrogens (tertiary/aromatic N) is 2. The van der Waals surface area contributed by atoms with Gasteiger partial charge in [-0.1, -0.05) is 12.1 Å². The minimum absolute atomic E-state index is 0.00282. The molecule has 0 aliphatic rings. The van der Waals surface area contributed by atoms with E-state index in [1.807, 2.05) is 54.2 Å². The molecule has 1 unspecified atom stereocenters. The lowest BCUT2D eigenvalue weighted by Crippen LogP contribution is -2.34. The number of hydrogen-bond donors (Lipinski definition) is 1. The maximum Gasteiger partial charge on any atom is 0.221 e. The highest BCUT2D eigenvalue weighted by Crippen LogP contribution is 2.18. The number of halogens is 1. The Morgan fingerprint density at radius 2 is 2.00 bits per heavy atom. The molecule has 22 heavy (non-hydrogen) atoms. The van der Waals surface area contributed by atoms with Gasteiger partial charge in [-0.05, 0) is 43.9 Å². The third-order valence-electron chi connectivity index (χ3n) is 3.61. The molecule has 0 bridgehead atoms. The molecule has 0 radical (unpaired) electrons. The van der Waals surface area contributed by atoms with Gasteiger partial charge in [0.1, 0.15) is 5.82 Å². The number of aryl methyl sites for hydroxylation is 1. The highest BCUT2D eigenvalue weighted by atomic mass is 19.1. The number of rotatable bonds is 7. The molecule has 2 aromatic rings. The summed E-state index contributed by atoms with van der Waals surface area (Å²) in [7, 11) is 3.84. The topological polar surface area (TPSA) is 37.3 Å². The van der Waals surface area contributed by atoms with E-state index in [1.54, 1.807) is 6.07 Å². The van der Waals surface area contributed by atoms with E-state index in [4.69, 9.17) is 0 Å². The smallest absolute Gasteiger partial charge is 0.221 e. The van der Waals surface area contributed by atoms with E-state index in [2.05, 4.69) is 5.32 Å². The summed E-state index contributed by atoms with van der Waals surface area (Å²) in [5.74, 6) is -0.264. The quantitative estimate of drug-likeness (QED) is 0.853. The monoisotopic (exact) mass is 303 g/mol. The largest absolute Gasteiger partial charge is 0.354 e. The molecule has 118 valence electrons. The summed E-state index contributed by atoms with van der Waals surface area (Å²) in [5, 5.41) is 2.93. The van der Waals surface area contributed by atoms with Gasteiger partial charge in [-0.2, -0.15) is 0 Å². The molecule has 0 aliphatic heterocycles. The minimum Gasteiger partial charge on any atom is -0.354 e. The van der Waals surface area contributed by atoms with E-state index in [9.17, 15) is 9.18 Å². The van der Waals surface area contributed by atoms with Crippen molar-refractivity contribution in [2.75, 3.05) is 20.6 Å². The lowest BCUT2D eigenvalue weighted by molar-refractivity contribution is -0.121. The van der Waals surface area contributed by atoms with Crippen LogP contribution in [0.1, 0.15) is 18.0 Å². The molecule has 1 N–H and O–H groups in total. The Labute approximate surface area is 130 Å². The summed E-state index contributed by atoms with van der Waals surface area (Å²) in [6.45, 7) is 1.12. The summed E-state index contributed by atoms with van der Waals surface area (Å²) >= 11 is 0. The number of hydrogen-bond acceptors (Lipinski definition) is 2. The molecule has 0 spiro atoms. The second kappa shape index (κ2) is 7.75. The van der Waals surface area contributed by atoms with Crippen molar-refractivity contribution in [3.63, 3.8) is 0 Å². The zero-order valence-electron chi connectivity index (χ0n) is 13.0. The summed E-state index contributed by atoms with van der Waals surface area (Å²) < 4.78 is 15.3. The number of benzene rings is 1. The Hall–Kier alpha value is -2.14. The Balaban J connectivity index is 1.87. The summed E-state index contributed by atoms with van der Waals surface area (Å²) in [6.07, 6.45) is 4.29. The average Bonchev–Trinajstić information content (AvgIpc) is 2.98. The number of amides is 1. The number of carbonyl (C=O) groups is 1. The van der Waals surface area contributed by atoms with E-state index >= 15 is 0 Å². The van der Waals surface area contributed by atoms with Gasteiger partial charge >= 0.3 is 0 Å². The third kappa shape index (κ3) is 4.70. The van der Waals surface area contributed by atoms with Crippen LogP contribution < -0.4 is 5.32 Å². The Morgan fingerprint density at radius 3 is 2.64 bits per heavy atom. The first-order valence-electron chi connectivity index (χ1n) is 7.35. The van der Waals surface area contributed by atoms with Crippen LogP contribution in [-0.4, -0.2) is 36.0 Å². The minimum atomic E-state index is -0.261. The predicted molar refractivity (Wildman–Crippen MR) is 84.9 cm³/mol. The Morgan fingerprint density at radius 1 is 1.27 bits per heavy atom. The van der Waals surface area contributed by atoms with Crippen LogP contribution in [0.25, 0.3) is 0 Å². The zero-order chi connectivity index (χ0) is 15.9. The van der Waals surface area contributed by atoms with Crippen molar-refractivity contribution in [1.29, 1.82) is 0 Å². The number of nitrogens with one attached hydrogen (secondary N) is 1. The number of aromatic nitrogens is 1. The summed E-state index contributed by atoms with van der Waals surface area (Å²) in [5.41, 5.74) is 0.857. The summed E-state index contributed by atoms with van der Waals surface area (Å²) in [4.78, 5) is 13.9. The van der Waals surface area contributed by atoms with Crippen molar-refractivity contribution in [3.8, 4) is 0 Å². The molecule has 5 heteroatoms. The molecule has 1 aromatic carbocycles. The van der Waals surface area contributed by atoms with Crippen molar-refractivity contribution in [2.24, 2.45) is 0 Å². The molecule has 4 nitrogen and oxygen atoms in total. The molecule has 2 rings (SSSR count). The highest BCUT2D eigenvalue weighted by Gasteiger charge is 2.15. The Bertz CT molecular complexity index is 596. The van der Waals surface area contributed by atoms with Crippen molar-refractivity contribution < 1.29 is 9.18 Å². The predicted octanol–water partition coefficient (Wildman–Crippen LogP) is 2.44. The fourth-order valence-corrected chi connectivity index (χ4v) is 2.36. The van der Waals surface area contributed by atoms with Gasteiger partial charge in [0.05, 0.1) is 6.04 Å². The summed E-state index contributed by atoms with van der Waals surface area (Å²) in [6, 6.07) is 10.3. The van der Waals surface area contributed by atoms with Crippen molar-refractivity contribution >= 4 is 5.91 Å². The van der Waals surface area contributed by atoms with E-state index in [0.717, 1.165) is 5.56 Å². The van der Waals surface area contributed by atoms with E-state index in [-0.39, 0.29) is 17.8 Å². The molecule has 0 saturated carbocycles. The zero-order valence-corrected chi connectivity index (χ0v) is 13.0. The standard InChI is InChI=1S/C17H22FN3O/c1-20(2)16(14-6-5-7-15(18)12-14)13-19-17(22)8-11-21-9-3-4-10-21/h3-7,9-10,12,16H,8,11,13H2,1-2H3,(H,19,22). The number of carbonyl (C=O) groups excluding carboxylic acids is 1. The van der Waals surface area contributed by atoms with Crippen molar-refractivity contribution in [3.05, 3.63) is 60.2 Å². The van der Waals surface area contributed by atoms with Gasteiger partial charge < -0.3 is 14.8 Å². The lowest BCUT2D eigenvalue weighted by Gasteiger charge is -2.25. The van der Waals surface area contributed by atoms with Gasteiger partial charge in [-0.3, -0.25) is 4.79 Å². The molecular weight excluding hydrogens is 281 g/mol. The van der Waals surface area contributed by atoms with Crippen molar-refractivity contribution in [2.45, 2.75) is 19.0 Å². The van der Waals surface area contributed by atoms with Crippen LogP contribution in [0.3, 0.4) is 0 Å². The van der Waals surface area contributed by atoms with Gasteiger partial charge in [0, 0.05) is 31.9 Å². The average molecular weight is 303 g/mol. The van der Waals surface area contributed by atoms with Crippen LogP contribution in [0.15, 0.2) is 48.8 Å². The normalized spacial score (nSPS) is 12.4. The molecule has 1 amide bonds. The van der Waals surface area contributed by atoms with Crippen molar-refractivity contribution in [1.82, 2.24) is 14.8 Å². The third-order valence-corrected chi connectivity index (χ3v) is 3.61. The van der Waals surface area contributed by atoms with E-state index < -0.39 is 0 Å². The SMILES string of the molecule is CN(C)C(CNC(=O)CCn1cccc1)c1cccc(F)c1. The van der Waals surface area contributed by atoms with Crippen LogP contribution in [0.5, 0.6) is 0 Å². The lowest BCUT2D eigenvalue weighted by atomic mass is 10.1. The Kier molecular flexibility index (Phi) is 5.72. The molecule has 0 aliphatic carbocycles. The maximum atomic E-state index is 13.4. The fourth-order valence-electron chi connectivity index (χ4n) is 2.36. The van der Waals surface area contributed by atoms with Gasteiger partial charge in [-0.25, -0.2) is 4.39 Å². The van der Waals surface area contributed by atoms with Gasteiger partial charge in [0.15, 0.2) is 0 Å². The van der Waals surface area contributed by atoms with Crippen LogP contribution in [-0.2, 0) is 11.3 Å². The molecule has 1 heterocycles. The van der Waals surface area contributed by atoms with Gasteiger partial charge in [-0.15, -0.1) is 0 Å². The van der Waals surface area contributed by atoms with Crippen LogP contribution >= 0.6 is 0 Å². The molecular formula is C17H22FN3O. The molecule has 1 atom stereocenters. The van der Waals surface area contributed by atoms with Gasteiger partial charge in [0.25, 0.3) is 0 Å². The first-order chi connectivity index (χ1) is 10.6. The number of likely N-dealkylation sites (N-methyl/N-ethyl adjacent to an activating group) is 1. The van der Waals surface area contributed by atoms with Crippen LogP contribution in [0.2, 0.25) is 0 Å². The maximum absolute atomic E-state index is 13.4. The van der Waals surface area contributed by atoms with E-state index in [0.29, 0.717) is 19.5 Å². The van der Waals surface area contributed by atoms with E-state index in [1.165, 1.54) is 12.1 Å². The molecule has 0 saturated heterocycles. The van der Waals surface area contributed by atoms with Crippen LogP contribution in [0, 0.1) is 5.82 Å². The molecule has 1 aromatic heterocycles. The molecule has 0 fully saturated rings. The second-order valence-corrected chi connectivity index (χ2v) is 5.51. The highest BCUT2D eigenvalue weighted by molar-refractivity contribution is 5.75.